The zero-order chi connectivity index (χ0) is 22.7. The Hall–Kier alpha value is -3.27. The van der Waals surface area contributed by atoms with Crippen LogP contribution < -0.4 is 5.32 Å². The van der Waals surface area contributed by atoms with Crippen molar-refractivity contribution in [2.45, 2.75) is 20.8 Å². The molecule has 8 heteroatoms. The minimum absolute atomic E-state index is 0.00112. The van der Waals surface area contributed by atoms with Crippen molar-refractivity contribution in [2.75, 3.05) is 5.32 Å². The quantitative estimate of drug-likeness (QED) is 0.118. The molecule has 1 heterocycles. The third-order valence-corrected chi connectivity index (χ3v) is 5.53. The van der Waals surface area contributed by atoms with E-state index in [2.05, 4.69) is 32.5 Å². The number of nitro groups is 1. The molecule has 0 radical (unpaired) electrons. The van der Waals surface area contributed by atoms with Crippen molar-refractivity contribution in [1.82, 2.24) is 4.57 Å². The van der Waals surface area contributed by atoms with Crippen LogP contribution in [0.5, 0.6) is 0 Å². The Bertz CT molecular complexity index is 1190. The first-order chi connectivity index (χ1) is 14.7. The van der Waals surface area contributed by atoms with Crippen LogP contribution in [0.15, 0.2) is 60.2 Å². The molecule has 2 aromatic carbocycles. The molecule has 0 spiro atoms. The Kier molecular flexibility index (Phi) is 6.69. The van der Waals surface area contributed by atoms with Gasteiger partial charge in [-0.2, -0.15) is 0 Å². The fourth-order valence-electron chi connectivity index (χ4n) is 3.27. The molecule has 0 saturated heterocycles. The number of nitrogens with one attached hydrogen (secondary N) is 1. The topological polar surface area (TPSA) is 94.2 Å². The van der Waals surface area contributed by atoms with Crippen molar-refractivity contribution in [2.24, 2.45) is 0 Å². The highest BCUT2D eigenvalue weighted by Gasteiger charge is 2.18. The lowest BCUT2D eigenvalue weighted by atomic mass is 10.1. The average Bonchev–Trinajstić information content (AvgIpc) is 3.00. The molecule has 3 rings (SSSR count). The molecule has 1 N–H and O–H groups in total. The Morgan fingerprint density at radius 2 is 1.68 bits per heavy atom. The van der Waals surface area contributed by atoms with Crippen molar-refractivity contribution >= 4 is 51.7 Å². The maximum atomic E-state index is 12.7. The van der Waals surface area contributed by atoms with E-state index in [0.717, 1.165) is 26.2 Å². The largest absolute Gasteiger partial charge is 0.322 e. The van der Waals surface area contributed by atoms with E-state index in [-0.39, 0.29) is 17.0 Å². The predicted octanol–water partition coefficient (Wildman–Crippen LogP) is 5.22. The summed E-state index contributed by atoms with van der Waals surface area (Å²) >= 11 is 2.25. The maximum Gasteiger partial charge on any atom is 0.269 e. The number of non-ortho nitro benzene ring substituents is 1. The number of carbonyl (C=O) groups is 2. The minimum Gasteiger partial charge on any atom is -0.322 e. The number of aryl methyl sites for hydroxylation is 1. The second-order valence-electron chi connectivity index (χ2n) is 7.01. The molecule has 7 nitrogen and oxygen atoms in total. The van der Waals surface area contributed by atoms with Gasteiger partial charge in [0.05, 0.1) is 10.5 Å². The Labute approximate surface area is 193 Å². The van der Waals surface area contributed by atoms with Gasteiger partial charge in [0.15, 0.2) is 5.78 Å². The standard InChI is InChI=1S/C23H20IN3O4/c1-14-12-17(15(2)26(14)20-8-4-18(24)5-9-20)13-22(16(3)28)23(29)25-19-6-10-21(11-7-19)27(30)31/h4-13H,1-3H3,(H,25,29)/b22-13-. The molecule has 3 aromatic rings. The van der Waals surface area contributed by atoms with Crippen LogP contribution in [-0.4, -0.2) is 21.2 Å². The van der Waals surface area contributed by atoms with Gasteiger partial charge in [-0.1, -0.05) is 0 Å². The van der Waals surface area contributed by atoms with Gasteiger partial charge in [0.1, 0.15) is 0 Å². The van der Waals surface area contributed by atoms with Crippen molar-refractivity contribution in [1.29, 1.82) is 0 Å². The van der Waals surface area contributed by atoms with Crippen LogP contribution in [0.3, 0.4) is 0 Å². The van der Waals surface area contributed by atoms with E-state index >= 15 is 0 Å². The number of hydrogen-bond acceptors (Lipinski definition) is 4. The highest BCUT2D eigenvalue weighted by Crippen LogP contribution is 2.24. The van der Waals surface area contributed by atoms with Crippen LogP contribution >= 0.6 is 22.6 Å². The van der Waals surface area contributed by atoms with E-state index in [1.807, 2.05) is 44.2 Å². The molecule has 0 aliphatic rings. The number of aromatic nitrogens is 1. The van der Waals surface area contributed by atoms with Gasteiger partial charge in [0.2, 0.25) is 0 Å². The Balaban J connectivity index is 1.92. The summed E-state index contributed by atoms with van der Waals surface area (Å²) in [5.74, 6) is -0.945. The zero-order valence-electron chi connectivity index (χ0n) is 17.2. The predicted molar refractivity (Wildman–Crippen MR) is 128 cm³/mol. The molecule has 0 aliphatic heterocycles. The fourth-order valence-corrected chi connectivity index (χ4v) is 3.63. The second kappa shape index (κ2) is 9.25. The fraction of sp³-hybridized carbons (Fsp3) is 0.130. The summed E-state index contributed by atoms with van der Waals surface area (Å²) in [5.41, 5.74) is 3.93. The first-order valence-corrected chi connectivity index (χ1v) is 10.5. The monoisotopic (exact) mass is 529 g/mol. The number of nitro benzene ring substituents is 1. The number of benzene rings is 2. The van der Waals surface area contributed by atoms with E-state index in [0.29, 0.717) is 5.69 Å². The molecule has 1 amide bonds. The number of Topliss-reactive ketones (excluding diaryl/α,β-unsaturated/α-hetero) is 1. The van der Waals surface area contributed by atoms with E-state index < -0.39 is 10.8 Å². The lowest BCUT2D eigenvalue weighted by Gasteiger charge is -2.10. The zero-order valence-corrected chi connectivity index (χ0v) is 19.3. The van der Waals surface area contributed by atoms with E-state index in [1.165, 1.54) is 31.2 Å². The summed E-state index contributed by atoms with van der Waals surface area (Å²) < 4.78 is 3.19. The summed E-state index contributed by atoms with van der Waals surface area (Å²) in [5, 5.41) is 13.4. The van der Waals surface area contributed by atoms with Gasteiger partial charge in [0.25, 0.3) is 11.6 Å². The van der Waals surface area contributed by atoms with Crippen LogP contribution in [0, 0.1) is 27.5 Å². The highest BCUT2D eigenvalue weighted by molar-refractivity contribution is 14.1. The number of rotatable bonds is 6. The van der Waals surface area contributed by atoms with Gasteiger partial charge < -0.3 is 9.88 Å². The van der Waals surface area contributed by atoms with E-state index in [9.17, 15) is 19.7 Å². The first kappa shape index (κ1) is 22.4. The van der Waals surface area contributed by atoms with Crippen LogP contribution in [0.2, 0.25) is 0 Å². The van der Waals surface area contributed by atoms with Gasteiger partial charge >= 0.3 is 0 Å². The van der Waals surface area contributed by atoms with Crippen molar-refractivity contribution in [3.8, 4) is 5.69 Å². The minimum atomic E-state index is -0.569. The molecule has 0 atom stereocenters. The third-order valence-electron chi connectivity index (χ3n) is 4.81. The molecule has 158 valence electrons. The maximum absolute atomic E-state index is 12.7. The summed E-state index contributed by atoms with van der Waals surface area (Å²) in [6.45, 7) is 5.23. The number of hydrogen-bond donors (Lipinski definition) is 1. The average molecular weight is 529 g/mol. The molecule has 1 aromatic heterocycles. The molecule has 0 saturated carbocycles. The van der Waals surface area contributed by atoms with E-state index in [4.69, 9.17) is 0 Å². The second-order valence-corrected chi connectivity index (χ2v) is 8.26. The molecule has 31 heavy (non-hydrogen) atoms. The number of amides is 1. The Morgan fingerprint density at radius 3 is 2.23 bits per heavy atom. The lowest BCUT2D eigenvalue weighted by Crippen LogP contribution is -2.19. The Morgan fingerprint density at radius 1 is 1.06 bits per heavy atom. The number of anilines is 1. The number of nitrogens with zero attached hydrogens (tertiary/aromatic N) is 2. The van der Waals surface area contributed by atoms with Crippen molar-refractivity contribution < 1.29 is 14.5 Å². The number of ketones is 1. The summed E-state index contributed by atoms with van der Waals surface area (Å²) in [6.07, 6.45) is 1.58. The molecule has 0 bridgehead atoms. The lowest BCUT2D eigenvalue weighted by molar-refractivity contribution is -0.384. The molecule has 0 aliphatic carbocycles. The summed E-state index contributed by atoms with van der Waals surface area (Å²) in [4.78, 5) is 35.2. The summed E-state index contributed by atoms with van der Waals surface area (Å²) in [6, 6.07) is 15.4. The van der Waals surface area contributed by atoms with Gasteiger partial charge in [-0.3, -0.25) is 19.7 Å². The van der Waals surface area contributed by atoms with E-state index in [1.54, 1.807) is 6.08 Å². The SMILES string of the molecule is CC(=O)/C(=C/c1cc(C)n(-c2ccc(I)cc2)c1C)C(=O)Nc1ccc([N+](=O)[O-])cc1. The molecule has 0 unspecified atom stereocenters. The summed E-state index contributed by atoms with van der Waals surface area (Å²) in [7, 11) is 0. The van der Waals surface area contributed by atoms with Crippen molar-refractivity contribution in [3.05, 3.63) is 90.8 Å². The molecular weight excluding hydrogens is 509 g/mol. The highest BCUT2D eigenvalue weighted by atomic mass is 127. The van der Waals surface area contributed by atoms with Gasteiger partial charge in [0, 0.05) is 38.5 Å². The number of halogens is 1. The van der Waals surface area contributed by atoms with Gasteiger partial charge in [-0.25, -0.2) is 0 Å². The number of carbonyl (C=O) groups excluding carboxylic acids is 2. The normalized spacial score (nSPS) is 11.3. The van der Waals surface area contributed by atoms with Crippen LogP contribution in [0.25, 0.3) is 11.8 Å². The van der Waals surface area contributed by atoms with Crippen molar-refractivity contribution in [3.63, 3.8) is 0 Å². The first-order valence-electron chi connectivity index (χ1n) is 9.40. The third kappa shape index (κ3) is 5.08. The van der Waals surface area contributed by atoms with Gasteiger partial charge in [-0.05, 0) is 97.5 Å². The molecular formula is C23H20IN3O4. The van der Waals surface area contributed by atoms with Crippen LogP contribution in [0.4, 0.5) is 11.4 Å². The smallest absolute Gasteiger partial charge is 0.269 e. The molecule has 0 fully saturated rings. The van der Waals surface area contributed by atoms with Crippen LogP contribution in [-0.2, 0) is 9.59 Å². The van der Waals surface area contributed by atoms with Gasteiger partial charge in [-0.15, -0.1) is 0 Å². The van der Waals surface area contributed by atoms with Crippen LogP contribution in [0.1, 0.15) is 23.9 Å².